The second kappa shape index (κ2) is 5.41. The lowest BCUT2D eigenvalue weighted by atomic mass is 10.2. The van der Waals surface area contributed by atoms with Crippen LogP contribution in [-0.4, -0.2) is 56.1 Å². The highest BCUT2D eigenvalue weighted by Crippen LogP contribution is 2.21. The number of rotatable bonds is 3. The molecule has 5 nitrogen and oxygen atoms in total. The molecule has 3 rings (SSSR count). The standard InChI is InChI=1S/C16H22N4O/c1-19(2)13-5-4-11-8-15(18-14(11)9-13)16(21)17-12-6-7-20(3)10-12/h4-5,8-9,12,18H,6-7,10H2,1-3H3,(H,17,21). The van der Waals surface area contributed by atoms with Crippen molar-refractivity contribution in [1.82, 2.24) is 15.2 Å². The number of carbonyl (C=O) groups excluding carboxylic acids is 1. The van der Waals surface area contributed by atoms with Crippen LogP contribution in [0.4, 0.5) is 5.69 Å². The lowest BCUT2D eigenvalue weighted by Crippen LogP contribution is -2.36. The maximum atomic E-state index is 12.3. The van der Waals surface area contributed by atoms with Gasteiger partial charge in [0.1, 0.15) is 5.69 Å². The highest BCUT2D eigenvalue weighted by molar-refractivity contribution is 5.98. The fourth-order valence-electron chi connectivity index (χ4n) is 2.83. The molecule has 2 N–H and O–H groups in total. The van der Waals surface area contributed by atoms with E-state index in [9.17, 15) is 4.79 Å². The number of hydrogen-bond acceptors (Lipinski definition) is 3. The Kier molecular flexibility index (Phi) is 3.59. The Bertz CT molecular complexity index is 661. The first-order chi connectivity index (χ1) is 10.0. The second-order valence-corrected chi connectivity index (χ2v) is 6.07. The van der Waals surface area contributed by atoms with Gasteiger partial charge in [0.25, 0.3) is 5.91 Å². The average Bonchev–Trinajstić information content (AvgIpc) is 3.03. The summed E-state index contributed by atoms with van der Waals surface area (Å²) in [6, 6.07) is 8.34. The largest absolute Gasteiger partial charge is 0.378 e. The summed E-state index contributed by atoms with van der Waals surface area (Å²) in [5.74, 6) is -0.0158. The molecular formula is C16H22N4O. The Morgan fingerprint density at radius 2 is 2.19 bits per heavy atom. The molecule has 1 aromatic carbocycles. The van der Waals surface area contributed by atoms with Crippen LogP contribution in [0.3, 0.4) is 0 Å². The van der Waals surface area contributed by atoms with Gasteiger partial charge >= 0.3 is 0 Å². The van der Waals surface area contributed by atoms with Gasteiger partial charge < -0.3 is 20.1 Å². The smallest absolute Gasteiger partial charge is 0.267 e. The minimum absolute atomic E-state index is 0.0158. The van der Waals surface area contributed by atoms with E-state index >= 15 is 0 Å². The van der Waals surface area contributed by atoms with Crippen molar-refractivity contribution in [2.45, 2.75) is 12.5 Å². The molecule has 0 saturated carbocycles. The van der Waals surface area contributed by atoms with Gasteiger partial charge in [-0.2, -0.15) is 0 Å². The highest BCUT2D eigenvalue weighted by Gasteiger charge is 2.22. The molecule has 1 aliphatic heterocycles. The van der Waals surface area contributed by atoms with E-state index in [1.807, 2.05) is 31.1 Å². The van der Waals surface area contributed by atoms with Crippen molar-refractivity contribution >= 4 is 22.5 Å². The number of aromatic nitrogens is 1. The van der Waals surface area contributed by atoms with Crippen molar-refractivity contribution in [1.29, 1.82) is 0 Å². The highest BCUT2D eigenvalue weighted by atomic mass is 16.2. The molecule has 0 radical (unpaired) electrons. The number of fused-ring (bicyclic) bond motifs is 1. The number of hydrogen-bond donors (Lipinski definition) is 2. The molecule has 1 aromatic heterocycles. The molecule has 1 saturated heterocycles. The quantitative estimate of drug-likeness (QED) is 0.902. The Morgan fingerprint density at radius 1 is 1.38 bits per heavy atom. The third-order valence-electron chi connectivity index (χ3n) is 4.09. The number of aromatic amines is 1. The number of likely N-dealkylation sites (N-methyl/N-ethyl adjacent to an activating group) is 1. The van der Waals surface area contributed by atoms with Gasteiger partial charge in [-0.3, -0.25) is 4.79 Å². The SMILES string of the molecule is CN1CCC(NC(=O)c2cc3ccc(N(C)C)cc3[nH]2)C1. The Labute approximate surface area is 124 Å². The molecule has 112 valence electrons. The summed E-state index contributed by atoms with van der Waals surface area (Å²) < 4.78 is 0. The number of amides is 1. The average molecular weight is 286 g/mol. The monoisotopic (exact) mass is 286 g/mol. The number of anilines is 1. The van der Waals surface area contributed by atoms with Crippen LogP contribution in [0.1, 0.15) is 16.9 Å². The van der Waals surface area contributed by atoms with Crippen LogP contribution < -0.4 is 10.2 Å². The zero-order chi connectivity index (χ0) is 15.0. The number of benzene rings is 1. The van der Waals surface area contributed by atoms with Gasteiger partial charge in [0.05, 0.1) is 0 Å². The van der Waals surface area contributed by atoms with Crippen molar-refractivity contribution in [3.8, 4) is 0 Å². The zero-order valence-corrected chi connectivity index (χ0v) is 12.8. The normalized spacial score (nSPS) is 19.1. The molecule has 1 unspecified atom stereocenters. The van der Waals surface area contributed by atoms with Gasteiger partial charge in [-0.1, -0.05) is 6.07 Å². The van der Waals surface area contributed by atoms with Gasteiger partial charge in [0, 0.05) is 43.3 Å². The molecule has 21 heavy (non-hydrogen) atoms. The van der Waals surface area contributed by atoms with Crippen molar-refractivity contribution in [3.05, 3.63) is 30.0 Å². The molecular weight excluding hydrogens is 264 g/mol. The number of nitrogens with one attached hydrogen (secondary N) is 2. The van der Waals surface area contributed by atoms with Gasteiger partial charge in [0.15, 0.2) is 0 Å². The van der Waals surface area contributed by atoms with Crippen LogP contribution in [0.2, 0.25) is 0 Å². The van der Waals surface area contributed by atoms with E-state index in [-0.39, 0.29) is 11.9 Å². The predicted molar refractivity (Wildman–Crippen MR) is 86.0 cm³/mol. The van der Waals surface area contributed by atoms with Crippen molar-refractivity contribution in [2.75, 3.05) is 39.1 Å². The molecule has 1 aliphatic rings. The fraction of sp³-hybridized carbons (Fsp3) is 0.438. The van der Waals surface area contributed by atoms with E-state index in [0.29, 0.717) is 5.69 Å². The van der Waals surface area contributed by atoms with E-state index in [1.54, 1.807) is 0 Å². The molecule has 1 atom stereocenters. The van der Waals surface area contributed by atoms with E-state index < -0.39 is 0 Å². The van der Waals surface area contributed by atoms with E-state index in [2.05, 4.69) is 34.4 Å². The number of nitrogens with zero attached hydrogens (tertiary/aromatic N) is 2. The summed E-state index contributed by atoms with van der Waals surface area (Å²) >= 11 is 0. The molecule has 5 heteroatoms. The maximum Gasteiger partial charge on any atom is 0.267 e. The van der Waals surface area contributed by atoms with Gasteiger partial charge in [0.2, 0.25) is 0 Å². The lowest BCUT2D eigenvalue weighted by Gasteiger charge is -2.12. The lowest BCUT2D eigenvalue weighted by molar-refractivity contribution is 0.0934. The molecule has 2 heterocycles. The molecule has 1 amide bonds. The van der Waals surface area contributed by atoms with Gasteiger partial charge in [-0.05, 0) is 38.2 Å². The van der Waals surface area contributed by atoms with Gasteiger partial charge in [-0.25, -0.2) is 0 Å². The van der Waals surface area contributed by atoms with Crippen molar-refractivity contribution in [2.24, 2.45) is 0 Å². The molecule has 1 fully saturated rings. The summed E-state index contributed by atoms with van der Waals surface area (Å²) in [7, 11) is 6.10. The molecule has 0 aliphatic carbocycles. The molecule has 0 spiro atoms. The zero-order valence-electron chi connectivity index (χ0n) is 12.8. The maximum absolute atomic E-state index is 12.3. The second-order valence-electron chi connectivity index (χ2n) is 6.07. The first kappa shape index (κ1) is 13.9. The minimum Gasteiger partial charge on any atom is -0.378 e. The topological polar surface area (TPSA) is 51.4 Å². The van der Waals surface area contributed by atoms with Crippen LogP contribution in [0.25, 0.3) is 10.9 Å². The fourth-order valence-corrected chi connectivity index (χ4v) is 2.83. The predicted octanol–water partition coefficient (Wildman–Crippen LogP) is 1.67. The minimum atomic E-state index is -0.0158. The number of H-pyrrole nitrogens is 1. The van der Waals surface area contributed by atoms with Crippen LogP contribution in [0.5, 0.6) is 0 Å². The van der Waals surface area contributed by atoms with Crippen LogP contribution in [0.15, 0.2) is 24.3 Å². The van der Waals surface area contributed by atoms with Crippen LogP contribution in [-0.2, 0) is 0 Å². The first-order valence-electron chi connectivity index (χ1n) is 7.32. The summed E-state index contributed by atoms with van der Waals surface area (Å²) in [6.07, 6.45) is 1.02. The Morgan fingerprint density at radius 3 is 2.86 bits per heavy atom. The van der Waals surface area contributed by atoms with Crippen LogP contribution >= 0.6 is 0 Å². The third kappa shape index (κ3) is 2.88. The Balaban J connectivity index is 1.78. The molecule has 2 aromatic rings. The van der Waals surface area contributed by atoms with E-state index in [4.69, 9.17) is 0 Å². The summed E-state index contributed by atoms with van der Waals surface area (Å²) in [5, 5.41) is 4.17. The summed E-state index contributed by atoms with van der Waals surface area (Å²) in [4.78, 5) is 19.8. The summed E-state index contributed by atoms with van der Waals surface area (Å²) in [6.45, 7) is 1.97. The first-order valence-corrected chi connectivity index (χ1v) is 7.32. The molecule has 0 bridgehead atoms. The van der Waals surface area contributed by atoms with Crippen molar-refractivity contribution < 1.29 is 4.79 Å². The van der Waals surface area contributed by atoms with Gasteiger partial charge in [-0.15, -0.1) is 0 Å². The van der Waals surface area contributed by atoms with E-state index in [1.165, 1.54) is 0 Å². The third-order valence-corrected chi connectivity index (χ3v) is 4.09. The van der Waals surface area contributed by atoms with E-state index in [0.717, 1.165) is 36.1 Å². The summed E-state index contributed by atoms with van der Waals surface area (Å²) in [5.41, 5.74) is 2.75. The number of likely N-dealkylation sites (tertiary alicyclic amines) is 1. The Hall–Kier alpha value is -2.01. The van der Waals surface area contributed by atoms with Crippen molar-refractivity contribution in [3.63, 3.8) is 0 Å². The van der Waals surface area contributed by atoms with Crippen LogP contribution in [0, 0.1) is 0 Å². The number of carbonyl (C=O) groups is 1.